The summed E-state index contributed by atoms with van der Waals surface area (Å²) in [6, 6.07) is 1.49. The first-order chi connectivity index (χ1) is 7.45. The van der Waals surface area contributed by atoms with Crippen molar-refractivity contribution >= 4 is 0 Å². The second-order valence-corrected chi connectivity index (χ2v) is 8.42. The van der Waals surface area contributed by atoms with Crippen LogP contribution in [-0.2, 0) is 0 Å². The zero-order chi connectivity index (χ0) is 13.2. The van der Waals surface area contributed by atoms with Crippen molar-refractivity contribution < 1.29 is 0 Å². The smallest absolute Gasteiger partial charge is 0.0315 e. The van der Waals surface area contributed by atoms with E-state index in [1.54, 1.807) is 0 Å². The Hall–Kier alpha value is -0.0800. The fourth-order valence-corrected chi connectivity index (χ4v) is 4.17. The predicted molar refractivity (Wildman–Crippen MR) is 74.3 cm³/mol. The lowest BCUT2D eigenvalue weighted by Gasteiger charge is -2.70. The molecule has 0 aromatic carbocycles. The van der Waals surface area contributed by atoms with Gasteiger partial charge in [0, 0.05) is 35.2 Å². The third kappa shape index (κ3) is 1.94. The van der Waals surface area contributed by atoms with E-state index < -0.39 is 0 Å². The highest BCUT2D eigenvalue weighted by atomic mass is 15.4. The van der Waals surface area contributed by atoms with Gasteiger partial charge in [-0.25, -0.2) is 0 Å². The lowest BCUT2D eigenvalue weighted by atomic mass is 9.69. The molecule has 2 nitrogen and oxygen atoms in total. The maximum absolute atomic E-state index is 2.75. The molecule has 0 amide bonds. The van der Waals surface area contributed by atoms with Crippen LogP contribution in [0.4, 0.5) is 0 Å². The molecule has 0 aromatic heterocycles. The summed E-state index contributed by atoms with van der Waals surface area (Å²) < 4.78 is 0. The molecule has 0 radical (unpaired) electrons. The Morgan fingerprint density at radius 1 is 0.941 bits per heavy atom. The molecule has 0 aliphatic carbocycles. The SMILES string of the molecule is CC(C)(C)N1C2CC1C(C)(C)N(C(C)(C)C)C2. The summed E-state index contributed by atoms with van der Waals surface area (Å²) in [5.41, 5.74) is 0.888. The minimum atomic E-state index is 0.282. The molecular weight excluding hydrogens is 208 g/mol. The van der Waals surface area contributed by atoms with E-state index in [0.717, 1.165) is 12.1 Å². The lowest BCUT2D eigenvalue weighted by molar-refractivity contribution is -0.201. The van der Waals surface area contributed by atoms with Crippen LogP contribution in [0.5, 0.6) is 0 Å². The van der Waals surface area contributed by atoms with E-state index in [-0.39, 0.29) is 5.54 Å². The topological polar surface area (TPSA) is 6.48 Å². The molecular formula is C15H30N2. The van der Waals surface area contributed by atoms with Crippen molar-refractivity contribution in [1.29, 1.82) is 0 Å². The van der Waals surface area contributed by atoms with Gasteiger partial charge >= 0.3 is 0 Å². The molecule has 2 atom stereocenters. The number of fused-ring (bicyclic) bond motifs is 2. The molecule has 0 aromatic rings. The summed E-state index contributed by atoms with van der Waals surface area (Å²) in [5, 5.41) is 0. The molecule has 2 bridgehead atoms. The van der Waals surface area contributed by atoms with Crippen LogP contribution in [0.15, 0.2) is 0 Å². The Morgan fingerprint density at radius 2 is 1.47 bits per heavy atom. The Bertz CT molecular complexity index is 306. The van der Waals surface area contributed by atoms with Gasteiger partial charge in [0.15, 0.2) is 0 Å². The summed E-state index contributed by atoms with van der Waals surface area (Å²) in [7, 11) is 0. The number of nitrogens with zero attached hydrogens (tertiary/aromatic N) is 2. The highest BCUT2D eigenvalue weighted by Crippen LogP contribution is 2.48. The summed E-state index contributed by atoms with van der Waals surface area (Å²) in [6.45, 7) is 20.2. The normalized spacial score (nSPS) is 34.6. The first-order valence-electron chi connectivity index (χ1n) is 7.02. The van der Waals surface area contributed by atoms with Crippen LogP contribution >= 0.6 is 0 Å². The number of hydrogen-bond donors (Lipinski definition) is 0. The third-order valence-electron chi connectivity index (χ3n) is 4.71. The number of rotatable bonds is 0. The van der Waals surface area contributed by atoms with E-state index >= 15 is 0 Å². The van der Waals surface area contributed by atoms with Crippen molar-refractivity contribution in [3.8, 4) is 0 Å². The molecule has 17 heavy (non-hydrogen) atoms. The Balaban J connectivity index is 2.25. The molecule has 2 heteroatoms. The quantitative estimate of drug-likeness (QED) is 0.640. The third-order valence-corrected chi connectivity index (χ3v) is 4.71. The zero-order valence-electron chi connectivity index (χ0n) is 13.0. The maximum Gasteiger partial charge on any atom is 0.0315 e. The van der Waals surface area contributed by atoms with E-state index in [0.29, 0.717) is 11.1 Å². The standard InChI is InChI=1S/C15H30N2/c1-13(2,3)16-10-11-9-12(15(16,7)8)17(11)14(4,5)6/h11-12H,9-10H2,1-8H3. The van der Waals surface area contributed by atoms with Gasteiger partial charge in [0.2, 0.25) is 0 Å². The van der Waals surface area contributed by atoms with Gasteiger partial charge in [-0.1, -0.05) is 0 Å². The fraction of sp³-hybridized carbons (Fsp3) is 1.00. The second-order valence-electron chi connectivity index (χ2n) is 8.42. The number of piperidine rings is 1. The summed E-state index contributed by atoms with van der Waals surface area (Å²) in [5.74, 6) is 0. The van der Waals surface area contributed by atoms with Crippen molar-refractivity contribution in [2.24, 2.45) is 0 Å². The van der Waals surface area contributed by atoms with E-state index in [2.05, 4.69) is 65.2 Å². The van der Waals surface area contributed by atoms with Crippen LogP contribution in [0.25, 0.3) is 0 Å². The molecule has 3 rings (SSSR count). The van der Waals surface area contributed by atoms with Crippen molar-refractivity contribution in [3.05, 3.63) is 0 Å². The molecule has 2 unspecified atom stereocenters. The van der Waals surface area contributed by atoms with Gasteiger partial charge in [0.1, 0.15) is 0 Å². The minimum absolute atomic E-state index is 0.282. The molecule has 100 valence electrons. The van der Waals surface area contributed by atoms with Crippen LogP contribution in [0.1, 0.15) is 61.8 Å². The van der Waals surface area contributed by atoms with Gasteiger partial charge in [-0.15, -0.1) is 0 Å². The average molecular weight is 238 g/mol. The Kier molecular flexibility index (Phi) is 2.73. The molecule has 3 heterocycles. The minimum Gasteiger partial charge on any atom is -0.290 e. The monoisotopic (exact) mass is 238 g/mol. The van der Waals surface area contributed by atoms with Crippen LogP contribution in [-0.4, -0.2) is 45.0 Å². The number of piperazine rings is 1. The highest BCUT2D eigenvalue weighted by molar-refractivity contribution is 5.16. The predicted octanol–water partition coefficient (Wildman–Crippen LogP) is 3.12. The van der Waals surface area contributed by atoms with Gasteiger partial charge in [0.25, 0.3) is 0 Å². The first kappa shape index (κ1) is 13.4. The zero-order valence-corrected chi connectivity index (χ0v) is 13.0. The van der Waals surface area contributed by atoms with Crippen LogP contribution < -0.4 is 0 Å². The van der Waals surface area contributed by atoms with Gasteiger partial charge in [-0.2, -0.15) is 0 Å². The van der Waals surface area contributed by atoms with Gasteiger partial charge < -0.3 is 0 Å². The summed E-state index contributed by atoms with van der Waals surface area (Å²) in [6.07, 6.45) is 1.39. The Morgan fingerprint density at radius 3 is 1.82 bits per heavy atom. The van der Waals surface area contributed by atoms with Crippen molar-refractivity contribution in [2.75, 3.05) is 6.54 Å². The summed E-state index contributed by atoms with van der Waals surface area (Å²) >= 11 is 0. The van der Waals surface area contributed by atoms with Crippen molar-refractivity contribution in [2.45, 2.75) is 90.5 Å². The van der Waals surface area contributed by atoms with Gasteiger partial charge in [-0.3, -0.25) is 9.80 Å². The van der Waals surface area contributed by atoms with Gasteiger partial charge in [0.05, 0.1) is 0 Å². The van der Waals surface area contributed by atoms with Crippen LogP contribution in [0, 0.1) is 0 Å². The van der Waals surface area contributed by atoms with E-state index in [1.807, 2.05) is 0 Å². The molecule has 3 fully saturated rings. The van der Waals surface area contributed by atoms with Crippen molar-refractivity contribution in [3.63, 3.8) is 0 Å². The average Bonchev–Trinajstić information content (AvgIpc) is 1.93. The van der Waals surface area contributed by atoms with E-state index in [1.165, 1.54) is 13.0 Å². The summed E-state index contributed by atoms with van der Waals surface area (Å²) in [4.78, 5) is 5.45. The van der Waals surface area contributed by atoms with E-state index in [9.17, 15) is 0 Å². The molecule has 0 N–H and O–H groups in total. The molecule has 3 aliphatic heterocycles. The maximum atomic E-state index is 2.75. The highest BCUT2D eigenvalue weighted by Gasteiger charge is 2.59. The molecule has 3 aliphatic rings. The number of hydrogen-bond acceptors (Lipinski definition) is 2. The molecule has 0 spiro atoms. The first-order valence-corrected chi connectivity index (χ1v) is 7.02. The molecule has 3 saturated heterocycles. The van der Waals surface area contributed by atoms with Crippen molar-refractivity contribution in [1.82, 2.24) is 9.80 Å². The van der Waals surface area contributed by atoms with Crippen LogP contribution in [0.2, 0.25) is 0 Å². The van der Waals surface area contributed by atoms with Gasteiger partial charge in [-0.05, 0) is 61.8 Å². The molecule has 0 saturated carbocycles. The second kappa shape index (κ2) is 3.48. The fourth-order valence-electron chi connectivity index (χ4n) is 4.17. The Labute approximate surface area is 107 Å². The largest absolute Gasteiger partial charge is 0.290 e. The van der Waals surface area contributed by atoms with E-state index in [4.69, 9.17) is 0 Å². The van der Waals surface area contributed by atoms with Crippen LogP contribution in [0.3, 0.4) is 0 Å². The lowest BCUT2D eigenvalue weighted by Crippen LogP contribution is -2.82.